The lowest BCUT2D eigenvalue weighted by Crippen LogP contribution is -2.51. The highest BCUT2D eigenvalue weighted by molar-refractivity contribution is 5.81. The van der Waals surface area contributed by atoms with Crippen molar-refractivity contribution in [3.8, 4) is 0 Å². The van der Waals surface area contributed by atoms with Crippen LogP contribution < -0.4 is 15.8 Å². The molecule has 4 aliphatic rings. The minimum Gasteiger partial charge on any atom is -0.338 e. The van der Waals surface area contributed by atoms with Crippen LogP contribution in [-0.2, 0) is 4.79 Å². The average Bonchev–Trinajstić information content (AvgIpc) is 2.91. The van der Waals surface area contributed by atoms with Gasteiger partial charge in [-0.25, -0.2) is 9.97 Å². The first-order chi connectivity index (χ1) is 12.3. The van der Waals surface area contributed by atoms with Gasteiger partial charge in [0.15, 0.2) is 0 Å². The first kappa shape index (κ1) is 16.7. The van der Waals surface area contributed by atoms with Gasteiger partial charge in [0.2, 0.25) is 11.9 Å². The highest BCUT2D eigenvalue weighted by atomic mass is 16.2. The van der Waals surface area contributed by atoms with E-state index in [9.17, 15) is 4.79 Å². The van der Waals surface area contributed by atoms with Gasteiger partial charge in [0.1, 0.15) is 0 Å². The summed E-state index contributed by atoms with van der Waals surface area (Å²) in [4.78, 5) is 26.5. The highest BCUT2D eigenvalue weighted by Gasteiger charge is 2.42. The lowest BCUT2D eigenvalue weighted by atomic mass is 9.91. The number of piperidine rings is 1. The fourth-order valence-corrected chi connectivity index (χ4v) is 4.57. The molecular weight excluding hydrogens is 316 g/mol. The van der Waals surface area contributed by atoms with Crippen LogP contribution in [0.1, 0.15) is 32.6 Å². The predicted octanol–water partition coefficient (Wildman–Crippen LogP) is 0.797. The Morgan fingerprint density at radius 2 is 2.08 bits per heavy atom. The van der Waals surface area contributed by atoms with E-state index in [0.717, 1.165) is 51.4 Å². The molecule has 0 radical (unpaired) electrons. The molecule has 136 valence electrons. The Balaban J connectivity index is 1.50. The molecule has 4 saturated heterocycles. The van der Waals surface area contributed by atoms with Crippen molar-refractivity contribution in [1.29, 1.82) is 0 Å². The quantitative estimate of drug-likeness (QED) is 0.842. The molecule has 0 aliphatic carbocycles. The monoisotopic (exact) mass is 344 g/mol. The van der Waals surface area contributed by atoms with Crippen molar-refractivity contribution >= 4 is 11.9 Å². The fourth-order valence-electron chi connectivity index (χ4n) is 4.57. The Bertz CT molecular complexity index is 596. The summed E-state index contributed by atoms with van der Waals surface area (Å²) < 4.78 is 0. The van der Waals surface area contributed by atoms with Crippen molar-refractivity contribution in [2.45, 2.75) is 44.7 Å². The maximum Gasteiger partial charge on any atom is 0.228 e. The van der Waals surface area contributed by atoms with Gasteiger partial charge in [0, 0.05) is 50.7 Å². The summed E-state index contributed by atoms with van der Waals surface area (Å²) in [6.45, 7) is 5.58. The minimum atomic E-state index is 0.0562. The molecule has 2 N–H and O–H groups in total. The van der Waals surface area contributed by atoms with Crippen molar-refractivity contribution in [3.63, 3.8) is 0 Å². The molecule has 0 saturated carbocycles. The fraction of sp³-hybridized carbons (Fsp3) is 0.722. The molecule has 0 spiro atoms. The third-order valence-corrected chi connectivity index (χ3v) is 5.84. The van der Waals surface area contributed by atoms with E-state index in [-0.39, 0.29) is 18.0 Å². The van der Waals surface area contributed by atoms with E-state index in [1.54, 1.807) is 12.4 Å². The molecule has 7 heteroatoms. The summed E-state index contributed by atoms with van der Waals surface area (Å²) in [6, 6.07) is 2.38. The maximum absolute atomic E-state index is 13.3. The molecule has 2 unspecified atom stereocenters. The first-order valence-corrected chi connectivity index (χ1v) is 9.57. The Hall–Kier alpha value is -1.73. The van der Waals surface area contributed by atoms with Gasteiger partial charge >= 0.3 is 0 Å². The van der Waals surface area contributed by atoms with E-state index in [0.29, 0.717) is 11.8 Å². The highest BCUT2D eigenvalue weighted by Crippen LogP contribution is 2.31. The number of anilines is 1. The lowest BCUT2D eigenvalue weighted by Gasteiger charge is -2.38. The second-order valence-corrected chi connectivity index (χ2v) is 7.57. The Morgan fingerprint density at radius 3 is 2.88 bits per heavy atom. The Kier molecular flexibility index (Phi) is 4.85. The van der Waals surface area contributed by atoms with Crippen LogP contribution in [0.5, 0.6) is 0 Å². The number of nitrogens with one attached hydrogen (secondary N) is 2. The molecule has 1 aromatic rings. The second kappa shape index (κ2) is 7.25. The van der Waals surface area contributed by atoms with Crippen molar-refractivity contribution in [2.75, 3.05) is 31.1 Å². The first-order valence-electron chi connectivity index (χ1n) is 9.57. The molecule has 4 fully saturated rings. The average molecular weight is 344 g/mol. The largest absolute Gasteiger partial charge is 0.338 e. The van der Waals surface area contributed by atoms with Gasteiger partial charge in [-0.1, -0.05) is 13.3 Å². The smallest absolute Gasteiger partial charge is 0.228 e. The Morgan fingerprint density at radius 1 is 1.24 bits per heavy atom. The number of fused-ring (bicyclic) bond motifs is 4. The molecule has 2 bridgehead atoms. The number of nitrogens with zero attached hydrogens (tertiary/aromatic N) is 4. The molecular formula is C18H28N6O. The van der Waals surface area contributed by atoms with Gasteiger partial charge in [-0.15, -0.1) is 0 Å². The zero-order valence-corrected chi connectivity index (χ0v) is 14.9. The van der Waals surface area contributed by atoms with E-state index >= 15 is 0 Å². The number of carbonyl (C=O) groups is 1. The summed E-state index contributed by atoms with van der Waals surface area (Å²) >= 11 is 0. The van der Waals surface area contributed by atoms with Crippen molar-refractivity contribution < 1.29 is 4.79 Å². The summed E-state index contributed by atoms with van der Waals surface area (Å²) in [5, 5.41) is 0. The van der Waals surface area contributed by atoms with Gasteiger partial charge in [0.25, 0.3) is 0 Å². The third kappa shape index (κ3) is 3.35. The standard InChI is InChI=1S/C18H28N6O/c1-2-4-16-15(9-21-22-16)17(25)24-11-13-5-6-14(24)12-23(10-13)18-19-7-3-8-20-18/h3,7-8,13-16,21-22H,2,4-6,9-12H2,1H3/t13-,14+,15?,16?/m0/s1. The zero-order chi connectivity index (χ0) is 17.2. The molecule has 5 heterocycles. The second-order valence-electron chi connectivity index (χ2n) is 7.57. The summed E-state index contributed by atoms with van der Waals surface area (Å²) in [5.74, 6) is 1.68. The van der Waals surface area contributed by atoms with Crippen molar-refractivity contribution in [3.05, 3.63) is 18.5 Å². The van der Waals surface area contributed by atoms with Crippen LogP contribution in [0, 0.1) is 11.8 Å². The number of hydrogen-bond donors (Lipinski definition) is 2. The van der Waals surface area contributed by atoms with Crippen LogP contribution in [0.2, 0.25) is 0 Å². The number of hydrazine groups is 1. The van der Waals surface area contributed by atoms with Crippen molar-refractivity contribution in [2.24, 2.45) is 11.8 Å². The molecule has 4 aliphatic heterocycles. The van der Waals surface area contributed by atoms with E-state index in [2.05, 4.69) is 37.5 Å². The normalized spacial score (nSPS) is 32.0. The van der Waals surface area contributed by atoms with E-state index in [4.69, 9.17) is 0 Å². The van der Waals surface area contributed by atoms with Crippen LogP contribution in [0.15, 0.2) is 18.5 Å². The number of carbonyl (C=O) groups excluding carboxylic acids is 1. The topological polar surface area (TPSA) is 73.4 Å². The summed E-state index contributed by atoms with van der Waals surface area (Å²) in [6.07, 6.45) is 8.00. The summed E-state index contributed by atoms with van der Waals surface area (Å²) in [5.41, 5.74) is 6.49. The van der Waals surface area contributed by atoms with Crippen LogP contribution in [0.25, 0.3) is 0 Å². The third-order valence-electron chi connectivity index (χ3n) is 5.84. The number of amides is 1. The van der Waals surface area contributed by atoms with Gasteiger partial charge in [-0.3, -0.25) is 15.6 Å². The number of rotatable bonds is 4. The van der Waals surface area contributed by atoms with E-state index < -0.39 is 0 Å². The van der Waals surface area contributed by atoms with Gasteiger partial charge in [-0.05, 0) is 31.2 Å². The molecule has 25 heavy (non-hydrogen) atoms. The summed E-state index contributed by atoms with van der Waals surface area (Å²) in [7, 11) is 0. The molecule has 7 nitrogen and oxygen atoms in total. The predicted molar refractivity (Wildman–Crippen MR) is 95.8 cm³/mol. The van der Waals surface area contributed by atoms with Gasteiger partial charge < -0.3 is 9.80 Å². The van der Waals surface area contributed by atoms with Crippen LogP contribution in [0.4, 0.5) is 5.95 Å². The zero-order valence-electron chi connectivity index (χ0n) is 14.9. The van der Waals surface area contributed by atoms with Gasteiger partial charge in [-0.2, -0.15) is 0 Å². The maximum atomic E-state index is 13.3. The molecule has 1 aromatic heterocycles. The number of hydrogen-bond acceptors (Lipinski definition) is 6. The van der Waals surface area contributed by atoms with Crippen molar-refractivity contribution in [1.82, 2.24) is 25.7 Å². The number of aromatic nitrogens is 2. The van der Waals surface area contributed by atoms with Crippen LogP contribution in [0.3, 0.4) is 0 Å². The van der Waals surface area contributed by atoms with E-state index in [1.165, 1.54) is 6.42 Å². The van der Waals surface area contributed by atoms with E-state index in [1.807, 2.05) is 6.07 Å². The van der Waals surface area contributed by atoms with Crippen LogP contribution in [-0.4, -0.2) is 59.0 Å². The molecule has 4 atom stereocenters. The molecule has 1 amide bonds. The SMILES string of the molecule is CCCC1NNCC1C(=O)N1C[C@H]2CC[C@@H]1CN(c1ncccn1)C2. The van der Waals surface area contributed by atoms with Crippen LogP contribution >= 0.6 is 0 Å². The van der Waals surface area contributed by atoms with Gasteiger partial charge in [0.05, 0.1) is 5.92 Å². The minimum absolute atomic E-state index is 0.0562. The lowest BCUT2D eigenvalue weighted by molar-refractivity contribution is -0.139. The molecule has 0 aromatic carbocycles. The molecule has 5 rings (SSSR count). The Labute approximate surface area is 149 Å².